The third kappa shape index (κ3) is 2.45. The lowest BCUT2D eigenvalue weighted by atomic mass is 10.1. The zero-order valence-corrected chi connectivity index (χ0v) is 12.9. The third-order valence-electron chi connectivity index (χ3n) is 4.40. The predicted octanol–water partition coefficient (Wildman–Crippen LogP) is 2.77. The van der Waals surface area contributed by atoms with Crippen LogP contribution in [0.1, 0.15) is 23.7 Å². The summed E-state index contributed by atoms with van der Waals surface area (Å²) >= 11 is 0. The molecule has 1 unspecified atom stereocenters. The summed E-state index contributed by atoms with van der Waals surface area (Å²) in [6, 6.07) is 11.6. The van der Waals surface area contributed by atoms with Gasteiger partial charge in [-0.3, -0.25) is 0 Å². The van der Waals surface area contributed by atoms with Gasteiger partial charge in [0.05, 0.1) is 17.1 Å². The molecule has 3 heterocycles. The van der Waals surface area contributed by atoms with E-state index < -0.39 is 0 Å². The van der Waals surface area contributed by atoms with Crippen molar-refractivity contribution in [2.45, 2.75) is 12.3 Å². The van der Waals surface area contributed by atoms with Gasteiger partial charge in [0.25, 0.3) is 0 Å². The Morgan fingerprint density at radius 1 is 1.21 bits per heavy atom. The highest BCUT2D eigenvalue weighted by Gasteiger charge is 2.25. The number of nitrogens with zero attached hydrogens (tertiary/aromatic N) is 5. The molecular formula is C18H14N6. The molecule has 1 saturated heterocycles. The fraction of sp³-hybridized carbons (Fsp3) is 0.222. The van der Waals surface area contributed by atoms with Crippen molar-refractivity contribution < 1.29 is 0 Å². The van der Waals surface area contributed by atoms with E-state index in [1.807, 2.05) is 24.3 Å². The van der Waals surface area contributed by atoms with Crippen LogP contribution in [0.4, 0.5) is 0 Å². The topological polar surface area (TPSA) is 92.4 Å². The van der Waals surface area contributed by atoms with E-state index in [1.54, 1.807) is 17.2 Å². The quantitative estimate of drug-likeness (QED) is 0.734. The Balaban J connectivity index is 1.69. The molecule has 3 aromatic rings. The number of rotatable bonds is 2. The predicted molar refractivity (Wildman–Crippen MR) is 88.6 cm³/mol. The van der Waals surface area contributed by atoms with Gasteiger partial charge >= 0.3 is 0 Å². The SMILES string of the molecule is N#Cc1cccc(-c2cnc3nc(C4CCN(C#N)C4)[nH]c3c2)c1. The van der Waals surface area contributed by atoms with Crippen molar-refractivity contribution in [3.05, 3.63) is 47.9 Å². The number of aromatic nitrogens is 3. The number of aromatic amines is 1. The summed E-state index contributed by atoms with van der Waals surface area (Å²) in [6.45, 7) is 1.48. The molecule has 0 radical (unpaired) electrons. The van der Waals surface area contributed by atoms with Crippen LogP contribution in [-0.2, 0) is 0 Å². The maximum atomic E-state index is 9.04. The lowest BCUT2D eigenvalue weighted by molar-refractivity contribution is 0.477. The van der Waals surface area contributed by atoms with Crippen molar-refractivity contribution in [3.8, 4) is 23.4 Å². The number of imidazole rings is 1. The summed E-state index contributed by atoms with van der Waals surface area (Å²) < 4.78 is 0. The molecule has 1 aromatic carbocycles. The summed E-state index contributed by atoms with van der Waals surface area (Å²) in [7, 11) is 0. The maximum Gasteiger partial charge on any atom is 0.179 e. The monoisotopic (exact) mass is 314 g/mol. The molecule has 0 bridgehead atoms. The number of hydrogen-bond donors (Lipinski definition) is 1. The molecule has 0 spiro atoms. The Hall–Kier alpha value is -3.38. The lowest BCUT2D eigenvalue weighted by Gasteiger charge is -2.05. The van der Waals surface area contributed by atoms with Gasteiger partial charge < -0.3 is 9.88 Å². The number of nitrogens with one attached hydrogen (secondary N) is 1. The van der Waals surface area contributed by atoms with Crippen LogP contribution in [0.2, 0.25) is 0 Å². The molecule has 1 fully saturated rings. The van der Waals surface area contributed by atoms with Crippen molar-refractivity contribution >= 4 is 11.2 Å². The van der Waals surface area contributed by atoms with Crippen LogP contribution in [0.25, 0.3) is 22.3 Å². The molecule has 4 rings (SSSR count). The van der Waals surface area contributed by atoms with Gasteiger partial charge in [-0.1, -0.05) is 12.1 Å². The highest BCUT2D eigenvalue weighted by Crippen LogP contribution is 2.28. The third-order valence-corrected chi connectivity index (χ3v) is 4.40. The molecule has 116 valence electrons. The van der Waals surface area contributed by atoms with Crippen LogP contribution >= 0.6 is 0 Å². The number of H-pyrrole nitrogens is 1. The normalized spacial score (nSPS) is 16.9. The number of pyridine rings is 1. The molecule has 6 heteroatoms. The van der Waals surface area contributed by atoms with E-state index in [0.29, 0.717) is 17.8 Å². The second-order valence-electron chi connectivity index (χ2n) is 5.94. The summed E-state index contributed by atoms with van der Waals surface area (Å²) in [4.78, 5) is 14.1. The Morgan fingerprint density at radius 3 is 2.92 bits per heavy atom. The highest BCUT2D eigenvalue weighted by atomic mass is 15.1. The van der Waals surface area contributed by atoms with E-state index in [4.69, 9.17) is 10.5 Å². The van der Waals surface area contributed by atoms with Gasteiger partial charge in [0.1, 0.15) is 5.82 Å². The first-order valence-electron chi connectivity index (χ1n) is 7.77. The Bertz CT molecular complexity index is 991. The second kappa shape index (κ2) is 5.68. The molecule has 1 aliphatic heterocycles. The Labute approximate surface area is 139 Å². The van der Waals surface area contributed by atoms with Crippen molar-refractivity contribution in [1.82, 2.24) is 19.9 Å². The summed E-state index contributed by atoms with van der Waals surface area (Å²) in [6.07, 6.45) is 4.89. The van der Waals surface area contributed by atoms with E-state index in [2.05, 4.69) is 27.2 Å². The minimum atomic E-state index is 0.240. The van der Waals surface area contributed by atoms with E-state index in [9.17, 15) is 0 Å². The zero-order valence-electron chi connectivity index (χ0n) is 12.9. The molecule has 0 saturated carbocycles. The number of benzene rings is 1. The molecule has 2 aromatic heterocycles. The van der Waals surface area contributed by atoms with Gasteiger partial charge in [0.2, 0.25) is 0 Å². The summed E-state index contributed by atoms with van der Waals surface area (Å²) in [5.41, 5.74) is 4.08. The smallest absolute Gasteiger partial charge is 0.179 e. The number of hydrogen-bond acceptors (Lipinski definition) is 5. The van der Waals surface area contributed by atoms with Gasteiger partial charge in [-0.15, -0.1) is 0 Å². The average Bonchev–Trinajstić information content (AvgIpc) is 3.27. The van der Waals surface area contributed by atoms with Crippen molar-refractivity contribution in [3.63, 3.8) is 0 Å². The number of likely N-dealkylation sites (tertiary alicyclic amines) is 1. The minimum absolute atomic E-state index is 0.240. The molecule has 1 N–H and O–H groups in total. The molecule has 24 heavy (non-hydrogen) atoms. The van der Waals surface area contributed by atoms with Gasteiger partial charge in [-0.25, -0.2) is 9.97 Å². The van der Waals surface area contributed by atoms with Gasteiger partial charge in [-0.05, 0) is 30.2 Å². The van der Waals surface area contributed by atoms with E-state index in [0.717, 1.165) is 35.4 Å². The minimum Gasteiger partial charge on any atom is -0.340 e. The first-order valence-corrected chi connectivity index (χ1v) is 7.77. The van der Waals surface area contributed by atoms with E-state index in [1.165, 1.54) is 0 Å². The summed E-state index contributed by atoms with van der Waals surface area (Å²) in [5, 5.41) is 18.0. The standard InChI is InChI=1S/C18H14N6/c19-8-12-2-1-3-13(6-12)15-7-16-18(21-9-15)23-17(22-16)14-4-5-24(10-14)11-20/h1-3,6-7,9,14H,4-5,10H2,(H,21,22,23). The fourth-order valence-corrected chi connectivity index (χ4v) is 3.11. The first kappa shape index (κ1) is 14.2. The molecule has 1 aliphatic rings. The van der Waals surface area contributed by atoms with Crippen LogP contribution in [0.5, 0.6) is 0 Å². The van der Waals surface area contributed by atoms with Gasteiger partial charge in [-0.2, -0.15) is 10.5 Å². The number of fused-ring (bicyclic) bond motifs is 1. The Morgan fingerprint density at radius 2 is 2.12 bits per heavy atom. The lowest BCUT2D eigenvalue weighted by Crippen LogP contribution is -2.13. The molecular weight excluding hydrogens is 300 g/mol. The second-order valence-corrected chi connectivity index (χ2v) is 5.94. The largest absolute Gasteiger partial charge is 0.340 e. The van der Waals surface area contributed by atoms with Gasteiger partial charge in [0.15, 0.2) is 11.8 Å². The zero-order chi connectivity index (χ0) is 16.5. The molecule has 6 nitrogen and oxygen atoms in total. The number of nitriles is 2. The van der Waals surface area contributed by atoms with Crippen molar-refractivity contribution in [2.24, 2.45) is 0 Å². The van der Waals surface area contributed by atoms with E-state index in [-0.39, 0.29) is 5.92 Å². The summed E-state index contributed by atoms with van der Waals surface area (Å²) in [5.74, 6) is 1.13. The van der Waals surface area contributed by atoms with Crippen LogP contribution < -0.4 is 0 Å². The van der Waals surface area contributed by atoms with Crippen LogP contribution in [-0.4, -0.2) is 32.9 Å². The molecule has 0 aliphatic carbocycles. The van der Waals surface area contributed by atoms with Crippen molar-refractivity contribution in [1.29, 1.82) is 10.5 Å². The molecule has 1 atom stereocenters. The highest BCUT2D eigenvalue weighted by molar-refractivity contribution is 5.78. The van der Waals surface area contributed by atoms with Crippen LogP contribution in [0.15, 0.2) is 36.5 Å². The maximum absolute atomic E-state index is 9.04. The average molecular weight is 314 g/mol. The fourth-order valence-electron chi connectivity index (χ4n) is 3.11. The van der Waals surface area contributed by atoms with Crippen LogP contribution in [0.3, 0.4) is 0 Å². The first-order chi connectivity index (χ1) is 11.8. The Kier molecular flexibility index (Phi) is 3.36. The molecule has 0 amide bonds. The van der Waals surface area contributed by atoms with Gasteiger partial charge in [0, 0.05) is 30.8 Å². The van der Waals surface area contributed by atoms with E-state index >= 15 is 0 Å². The van der Waals surface area contributed by atoms with Crippen LogP contribution in [0, 0.1) is 22.8 Å². The van der Waals surface area contributed by atoms with Crippen molar-refractivity contribution in [2.75, 3.05) is 13.1 Å².